The molecule has 28 heavy (non-hydrogen) atoms. The topological polar surface area (TPSA) is 67.4 Å². The zero-order chi connectivity index (χ0) is 19.7. The predicted octanol–water partition coefficient (Wildman–Crippen LogP) is 2.52. The minimum absolute atomic E-state index is 0.0137. The van der Waals surface area contributed by atoms with Crippen LogP contribution in [0.1, 0.15) is 29.8 Å². The summed E-state index contributed by atoms with van der Waals surface area (Å²) in [6, 6.07) is 6.18. The van der Waals surface area contributed by atoms with Gasteiger partial charge in [-0.3, -0.25) is 9.78 Å². The highest BCUT2D eigenvalue weighted by Crippen LogP contribution is 2.33. The van der Waals surface area contributed by atoms with Crippen molar-refractivity contribution in [1.82, 2.24) is 20.2 Å². The zero-order valence-corrected chi connectivity index (χ0v) is 16.9. The Morgan fingerprint density at radius 3 is 3.04 bits per heavy atom. The first kappa shape index (κ1) is 18.9. The summed E-state index contributed by atoms with van der Waals surface area (Å²) in [5.41, 5.74) is 4.97. The van der Waals surface area contributed by atoms with Crippen LogP contribution in [0.15, 0.2) is 24.4 Å². The Kier molecular flexibility index (Phi) is 5.31. The van der Waals surface area contributed by atoms with Crippen LogP contribution in [0.25, 0.3) is 11.3 Å². The highest BCUT2D eigenvalue weighted by molar-refractivity contribution is 5.79. The zero-order valence-electron chi connectivity index (χ0n) is 16.9. The SMILES string of the molecule is Cc1cnc(C)c(-c2ccc3c(c2)C[C@@H](CNC(=O)[C@H]2CCCN(C)C2)O3)n1. The second kappa shape index (κ2) is 7.87. The summed E-state index contributed by atoms with van der Waals surface area (Å²) < 4.78 is 6.05. The van der Waals surface area contributed by atoms with E-state index in [1.807, 2.05) is 26.0 Å². The summed E-state index contributed by atoms with van der Waals surface area (Å²) in [4.78, 5) is 23.8. The van der Waals surface area contributed by atoms with E-state index in [0.29, 0.717) is 6.54 Å². The highest BCUT2D eigenvalue weighted by atomic mass is 16.5. The lowest BCUT2D eigenvalue weighted by molar-refractivity contribution is -0.126. The first-order chi connectivity index (χ1) is 13.5. The van der Waals surface area contributed by atoms with Crippen molar-refractivity contribution in [2.24, 2.45) is 5.92 Å². The molecule has 2 atom stereocenters. The Labute approximate surface area is 166 Å². The molecule has 6 heteroatoms. The number of carbonyl (C=O) groups is 1. The van der Waals surface area contributed by atoms with Crippen molar-refractivity contribution in [1.29, 1.82) is 0 Å². The van der Waals surface area contributed by atoms with Gasteiger partial charge in [-0.05, 0) is 64.0 Å². The van der Waals surface area contributed by atoms with Gasteiger partial charge in [-0.2, -0.15) is 0 Å². The molecule has 0 aliphatic carbocycles. The van der Waals surface area contributed by atoms with E-state index in [2.05, 4.69) is 33.3 Å². The van der Waals surface area contributed by atoms with E-state index < -0.39 is 0 Å². The fourth-order valence-electron chi connectivity index (χ4n) is 4.13. The van der Waals surface area contributed by atoms with Gasteiger partial charge in [0.2, 0.25) is 5.91 Å². The van der Waals surface area contributed by atoms with Gasteiger partial charge in [0.05, 0.1) is 29.5 Å². The van der Waals surface area contributed by atoms with Gasteiger partial charge in [-0.25, -0.2) is 4.98 Å². The molecule has 6 nitrogen and oxygen atoms in total. The second-order valence-electron chi connectivity index (χ2n) is 8.06. The minimum Gasteiger partial charge on any atom is -0.488 e. The van der Waals surface area contributed by atoms with Gasteiger partial charge in [0.15, 0.2) is 0 Å². The van der Waals surface area contributed by atoms with Crippen molar-refractivity contribution in [3.05, 3.63) is 41.3 Å². The van der Waals surface area contributed by atoms with E-state index in [4.69, 9.17) is 4.74 Å². The van der Waals surface area contributed by atoms with E-state index in [1.165, 1.54) is 0 Å². The highest BCUT2D eigenvalue weighted by Gasteiger charge is 2.27. The molecule has 1 aromatic heterocycles. The Morgan fingerprint density at radius 1 is 1.36 bits per heavy atom. The molecule has 1 amide bonds. The van der Waals surface area contributed by atoms with Crippen LogP contribution < -0.4 is 10.1 Å². The third-order valence-corrected chi connectivity index (χ3v) is 5.65. The summed E-state index contributed by atoms with van der Waals surface area (Å²) in [5, 5.41) is 3.10. The van der Waals surface area contributed by atoms with E-state index in [-0.39, 0.29) is 17.9 Å². The molecule has 0 unspecified atom stereocenters. The Bertz CT molecular complexity index is 883. The number of hydrogen-bond donors (Lipinski definition) is 1. The van der Waals surface area contributed by atoms with E-state index in [0.717, 1.165) is 66.3 Å². The lowest BCUT2D eigenvalue weighted by Crippen LogP contribution is -2.44. The summed E-state index contributed by atoms with van der Waals surface area (Å²) in [5.74, 6) is 1.15. The van der Waals surface area contributed by atoms with Gasteiger partial charge in [0, 0.05) is 24.7 Å². The molecule has 2 aliphatic rings. The molecule has 2 aromatic rings. The largest absolute Gasteiger partial charge is 0.488 e. The monoisotopic (exact) mass is 380 g/mol. The van der Waals surface area contributed by atoms with Gasteiger partial charge >= 0.3 is 0 Å². The molecular weight excluding hydrogens is 352 g/mol. The van der Waals surface area contributed by atoms with E-state index >= 15 is 0 Å². The smallest absolute Gasteiger partial charge is 0.224 e. The molecule has 1 fully saturated rings. The average Bonchev–Trinajstić information content (AvgIpc) is 3.10. The molecule has 148 valence electrons. The quantitative estimate of drug-likeness (QED) is 0.883. The lowest BCUT2D eigenvalue weighted by Gasteiger charge is -2.29. The van der Waals surface area contributed by atoms with E-state index in [1.54, 1.807) is 6.20 Å². The van der Waals surface area contributed by atoms with Crippen LogP contribution in [0.5, 0.6) is 5.75 Å². The number of piperidine rings is 1. The van der Waals surface area contributed by atoms with E-state index in [9.17, 15) is 4.79 Å². The summed E-state index contributed by atoms with van der Waals surface area (Å²) >= 11 is 0. The summed E-state index contributed by atoms with van der Waals surface area (Å²) in [6.45, 7) is 6.41. The number of hydrogen-bond acceptors (Lipinski definition) is 5. The Hall–Kier alpha value is -2.47. The Morgan fingerprint density at radius 2 is 2.21 bits per heavy atom. The summed E-state index contributed by atoms with van der Waals surface area (Å²) in [7, 11) is 2.08. The number of likely N-dealkylation sites (tertiary alicyclic amines) is 1. The van der Waals surface area contributed by atoms with Crippen molar-refractivity contribution in [2.45, 2.75) is 39.2 Å². The standard InChI is InChI=1S/C22H28N4O2/c1-14-11-23-15(2)21(25-14)16-6-7-20-18(9-16)10-19(28-20)12-24-22(27)17-5-4-8-26(3)13-17/h6-7,9,11,17,19H,4-5,8,10,12-13H2,1-3H3,(H,24,27)/t17-,19-/m0/s1. The summed E-state index contributed by atoms with van der Waals surface area (Å²) in [6.07, 6.45) is 4.64. The van der Waals surface area contributed by atoms with Crippen molar-refractivity contribution in [3.8, 4) is 17.0 Å². The van der Waals surface area contributed by atoms with Crippen LogP contribution in [-0.4, -0.2) is 53.6 Å². The maximum absolute atomic E-state index is 12.5. The van der Waals surface area contributed by atoms with Crippen molar-refractivity contribution in [3.63, 3.8) is 0 Å². The molecule has 2 aliphatic heterocycles. The molecular formula is C22H28N4O2. The number of rotatable bonds is 4. The Balaban J connectivity index is 1.39. The number of carbonyl (C=O) groups excluding carboxylic acids is 1. The van der Waals surface area contributed by atoms with Gasteiger partial charge in [0.25, 0.3) is 0 Å². The van der Waals surface area contributed by atoms with Crippen LogP contribution >= 0.6 is 0 Å². The van der Waals surface area contributed by atoms with Crippen molar-refractivity contribution < 1.29 is 9.53 Å². The number of ether oxygens (including phenoxy) is 1. The normalized spacial score (nSPS) is 21.8. The van der Waals surface area contributed by atoms with Gasteiger partial charge in [-0.15, -0.1) is 0 Å². The molecule has 0 spiro atoms. The van der Waals surface area contributed by atoms with Gasteiger partial charge in [0.1, 0.15) is 11.9 Å². The van der Waals surface area contributed by atoms with Crippen LogP contribution in [0.2, 0.25) is 0 Å². The molecule has 3 heterocycles. The fourth-order valence-corrected chi connectivity index (χ4v) is 4.13. The fraction of sp³-hybridized carbons (Fsp3) is 0.500. The number of nitrogens with one attached hydrogen (secondary N) is 1. The van der Waals surface area contributed by atoms with Gasteiger partial charge in [-0.1, -0.05) is 0 Å². The minimum atomic E-state index is -0.0137. The number of nitrogens with zero attached hydrogens (tertiary/aromatic N) is 3. The van der Waals surface area contributed by atoms with Crippen molar-refractivity contribution >= 4 is 5.91 Å². The first-order valence-electron chi connectivity index (χ1n) is 10.1. The molecule has 4 rings (SSSR count). The number of aryl methyl sites for hydroxylation is 2. The van der Waals surface area contributed by atoms with Gasteiger partial charge < -0.3 is 15.0 Å². The third-order valence-electron chi connectivity index (χ3n) is 5.65. The second-order valence-corrected chi connectivity index (χ2v) is 8.06. The predicted molar refractivity (Wildman–Crippen MR) is 108 cm³/mol. The lowest BCUT2D eigenvalue weighted by atomic mass is 9.97. The van der Waals surface area contributed by atoms with Crippen LogP contribution in [-0.2, 0) is 11.2 Å². The number of fused-ring (bicyclic) bond motifs is 1. The first-order valence-corrected chi connectivity index (χ1v) is 10.1. The maximum Gasteiger partial charge on any atom is 0.224 e. The van der Waals surface area contributed by atoms with Crippen molar-refractivity contribution in [2.75, 3.05) is 26.7 Å². The van der Waals surface area contributed by atoms with Crippen LogP contribution in [0.4, 0.5) is 0 Å². The molecule has 0 radical (unpaired) electrons. The van der Waals surface area contributed by atoms with Crippen LogP contribution in [0.3, 0.4) is 0 Å². The number of amides is 1. The molecule has 1 N–H and O–H groups in total. The molecule has 1 saturated heterocycles. The molecule has 0 bridgehead atoms. The number of benzene rings is 1. The molecule has 1 aromatic carbocycles. The molecule has 0 saturated carbocycles. The van der Waals surface area contributed by atoms with Crippen LogP contribution in [0, 0.1) is 19.8 Å². The average molecular weight is 380 g/mol. The maximum atomic E-state index is 12.5. The number of aromatic nitrogens is 2. The third kappa shape index (κ3) is 4.02.